The number of hydrogen-bond acceptors (Lipinski definition) is 4. The summed E-state index contributed by atoms with van der Waals surface area (Å²) in [4.78, 5) is 28.0. The molecule has 0 saturated carbocycles. The Hall–Kier alpha value is -1.66. The van der Waals surface area contributed by atoms with Crippen molar-refractivity contribution in [2.45, 2.75) is 20.4 Å². The molecular formula is C14H15ClN2O3S. The zero-order valence-electron chi connectivity index (χ0n) is 11.9. The Morgan fingerprint density at radius 2 is 2.14 bits per heavy atom. The van der Waals surface area contributed by atoms with Gasteiger partial charge in [-0.25, -0.2) is 0 Å². The van der Waals surface area contributed by atoms with Gasteiger partial charge < -0.3 is 9.30 Å². The number of rotatable bonds is 3. The molecule has 0 bridgehead atoms. The van der Waals surface area contributed by atoms with Crippen molar-refractivity contribution < 1.29 is 14.3 Å². The lowest BCUT2D eigenvalue weighted by Crippen LogP contribution is -2.23. The SMILES string of the molecule is COC(=O)Cn1c(=NC(=O)C(C)C)sc2cc(Cl)ccc21. The number of fused-ring (bicyclic) bond motifs is 1. The van der Waals surface area contributed by atoms with Crippen LogP contribution in [-0.4, -0.2) is 23.6 Å². The fraction of sp³-hybridized carbons (Fsp3) is 0.357. The van der Waals surface area contributed by atoms with E-state index in [1.54, 1.807) is 36.6 Å². The van der Waals surface area contributed by atoms with Crippen molar-refractivity contribution in [3.05, 3.63) is 28.0 Å². The molecule has 5 nitrogen and oxygen atoms in total. The van der Waals surface area contributed by atoms with E-state index in [9.17, 15) is 9.59 Å². The number of halogens is 1. The van der Waals surface area contributed by atoms with Gasteiger partial charge in [-0.15, -0.1) is 0 Å². The number of carbonyl (C=O) groups excluding carboxylic acids is 2. The van der Waals surface area contributed by atoms with E-state index in [-0.39, 0.29) is 18.4 Å². The predicted octanol–water partition coefficient (Wildman–Crippen LogP) is 2.61. The van der Waals surface area contributed by atoms with Gasteiger partial charge in [0.2, 0.25) is 0 Å². The average molecular weight is 327 g/mol. The summed E-state index contributed by atoms with van der Waals surface area (Å²) in [5, 5.41) is 0.593. The summed E-state index contributed by atoms with van der Waals surface area (Å²) in [6.45, 7) is 3.56. The van der Waals surface area contributed by atoms with Gasteiger partial charge in [0.05, 0.1) is 17.3 Å². The Kier molecular flexibility index (Phi) is 4.80. The smallest absolute Gasteiger partial charge is 0.325 e. The molecule has 0 aliphatic heterocycles. The van der Waals surface area contributed by atoms with Crippen molar-refractivity contribution in [3.8, 4) is 0 Å². The largest absolute Gasteiger partial charge is 0.468 e. The van der Waals surface area contributed by atoms with E-state index in [4.69, 9.17) is 16.3 Å². The van der Waals surface area contributed by atoms with E-state index in [1.165, 1.54) is 18.4 Å². The van der Waals surface area contributed by atoms with Crippen LogP contribution in [0.25, 0.3) is 10.2 Å². The number of hydrogen-bond donors (Lipinski definition) is 0. The minimum atomic E-state index is -0.400. The zero-order valence-corrected chi connectivity index (χ0v) is 13.5. The molecule has 0 atom stereocenters. The monoisotopic (exact) mass is 326 g/mol. The molecule has 1 aromatic heterocycles. The zero-order chi connectivity index (χ0) is 15.6. The summed E-state index contributed by atoms with van der Waals surface area (Å²) in [6, 6.07) is 5.32. The fourth-order valence-corrected chi connectivity index (χ4v) is 3.01. The summed E-state index contributed by atoms with van der Waals surface area (Å²) < 4.78 is 7.23. The molecule has 7 heteroatoms. The van der Waals surface area contributed by atoms with Crippen LogP contribution in [0, 0.1) is 5.92 Å². The Labute approximate surface area is 130 Å². The normalized spacial score (nSPS) is 12.1. The Morgan fingerprint density at radius 1 is 1.43 bits per heavy atom. The van der Waals surface area contributed by atoms with Gasteiger partial charge in [0.25, 0.3) is 5.91 Å². The standard InChI is InChI=1S/C14H15ClN2O3S/c1-8(2)13(19)16-14-17(7-12(18)20-3)10-5-4-9(15)6-11(10)21-14/h4-6,8H,7H2,1-3H3. The highest BCUT2D eigenvalue weighted by Gasteiger charge is 2.13. The van der Waals surface area contributed by atoms with Gasteiger partial charge in [-0.2, -0.15) is 4.99 Å². The predicted molar refractivity (Wildman–Crippen MR) is 82.2 cm³/mol. The molecule has 0 fully saturated rings. The van der Waals surface area contributed by atoms with E-state index in [2.05, 4.69) is 4.99 Å². The first-order valence-corrected chi connectivity index (χ1v) is 7.56. The number of aromatic nitrogens is 1. The van der Waals surface area contributed by atoms with Gasteiger partial charge in [-0.1, -0.05) is 36.8 Å². The lowest BCUT2D eigenvalue weighted by atomic mass is 10.2. The minimum Gasteiger partial charge on any atom is -0.468 e. The third kappa shape index (κ3) is 3.51. The lowest BCUT2D eigenvalue weighted by Gasteiger charge is -2.04. The first-order chi connectivity index (χ1) is 9.92. The molecule has 1 amide bonds. The van der Waals surface area contributed by atoms with Crippen molar-refractivity contribution in [1.29, 1.82) is 0 Å². The minimum absolute atomic E-state index is 0.00232. The summed E-state index contributed by atoms with van der Waals surface area (Å²) >= 11 is 7.30. The van der Waals surface area contributed by atoms with E-state index in [0.29, 0.717) is 9.82 Å². The van der Waals surface area contributed by atoms with Crippen LogP contribution in [-0.2, 0) is 20.9 Å². The van der Waals surface area contributed by atoms with Crippen LogP contribution in [0.4, 0.5) is 0 Å². The lowest BCUT2D eigenvalue weighted by molar-refractivity contribution is -0.141. The summed E-state index contributed by atoms with van der Waals surface area (Å²) in [7, 11) is 1.32. The second-order valence-corrected chi connectivity index (χ2v) is 6.21. The Balaban J connectivity index is 2.64. The molecule has 2 rings (SSSR count). The van der Waals surface area contributed by atoms with E-state index >= 15 is 0 Å². The van der Waals surface area contributed by atoms with Gasteiger partial charge in [0, 0.05) is 10.9 Å². The number of carbonyl (C=O) groups is 2. The number of benzene rings is 1. The molecule has 1 heterocycles. The average Bonchev–Trinajstić information content (AvgIpc) is 2.75. The van der Waals surface area contributed by atoms with Crippen LogP contribution >= 0.6 is 22.9 Å². The van der Waals surface area contributed by atoms with Crippen LogP contribution < -0.4 is 4.80 Å². The summed E-state index contributed by atoms with van der Waals surface area (Å²) in [6.07, 6.45) is 0. The van der Waals surface area contributed by atoms with Crippen LogP contribution in [0.15, 0.2) is 23.2 Å². The molecule has 0 unspecified atom stereocenters. The molecule has 0 radical (unpaired) electrons. The molecule has 0 N–H and O–H groups in total. The van der Waals surface area contributed by atoms with E-state index in [0.717, 1.165) is 10.2 Å². The van der Waals surface area contributed by atoms with Crippen molar-refractivity contribution >= 4 is 45.0 Å². The number of amides is 1. The highest BCUT2D eigenvalue weighted by atomic mass is 35.5. The van der Waals surface area contributed by atoms with Gasteiger partial charge in [0.1, 0.15) is 6.54 Å². The van der Waals surface area contributed by atoms with Gasteiger partial charge in [-0.3, -0.25) is 9.59 Å². The Morgan fingerprint density at radius 3 is 2.76 bits per heavy atom. The highest BCUT2D eigenvalue weighted by molar-refractivity contribution is 7.16. The van der Waals surface area contributed by atoms with Crippen LogP contribution in [0.2, 0.25) is 5.02 Å². The van der Waals surface area contributed by atoms with Gasteiger partial charge in [-0.05, 0) is 18.2 Å². The van der Waals surface area contributed by atoms with Crippen molar-refractivity contribution in [1.82, 2.24) is 4.57 Å². The third-order valence-corrected chi connectivity index (χ3v) is 4.14. The number of methoxy groups -OCH3 is 1. The van der Waals surface area contributed by atoms with Crippen LogP contribution in [0.5, 0.6) is 0 Å². The first-order valence-electron chi connectivity index (χ1n) is 6.36. The number of ether oxygens (including phenoxy) is 1. The molecule has 1 aromatic carbocycles. The molecule has 0 saturated heterocycles. The topological polar surface area (TPSA) is 60.7 Å². The maximum Gasteiger partial charge on any atom is 0.325 e. The molecule has 21 heavy (non-hydrogen) atoms. The highest BCUT2D eigenvalue weighted by Crippen LogP contribution is 2.22. The summed E-state index contributed by atoms with van der Waals surface area (Å²) in [5.41, 5.74) is 0.796. The van der Waals surface area contributed by atoms with Crippen molar-refractivity contribution in [2.24, 2.45) is 10.9 Å². The van der Waals surface area contributed by atoms with Gasteiger partial charge >= 0.3 is 5.97 Å². The number of esters is 1. The Bertz CT molecular complexity index is 761. The first kappa shape index (κ1) is 15.7. The number of nitrogens with zero attached hydrogens (tertiary/aromatic N) is 2. The maximum atomic E-state index is 11.8. The van der Waals surface area contributed by atoms with E-state index in [1.807, 2.05) is 0 Å². The molecule has 0 aliphatic carbocycles. The van der Waals surface area contributed by atoms with Crippen molar-refractivity contribution in [3.63, 3.8) is 0 Å². The molecule has 0 spiro atoms. The van der Waals surface area contributed by atoms with Gasteiger partial charge in [0.15, 0.2) is 4.80 Å². The third-order valence-electron chi connectivity index (χ3n) is 2.86. The molecule has 2 aromatic rings. The van der Waals surface area contributed by atoms with Crippen LogP contribution in [0.3, 0.4) is 0 Å². The number of thiazole rings is 1. The van der Waals surface area contributed by atoms with Crippen molar-refractivity contribution in [2.75, 3.05) is 7.11 Å². The molecule has 0 aliphatic rings. The summed E-state index contributed by atoms with van der Waals surface area (Å²) in [5.74, 6) is -0.834. The second-order valence-electron chi connectivity index (χ2n) is 4.76. The molecule has 112 valence electrons. The quantitative estimate of drug-likeness (QED) is 0.815. The second kappa shape index (κ2) is 6.41. The molecular weight excluding hydrogens is 312 g/mol. The maximum absolute atomic E-state index is 11.8. The fourth-order valence-electron chi connectivity index (χ4n) is 1.70. The van der Waals surface area contributed by atoms with E-state index < -0.39 is 5.97 Å². The van der Waals surface area contributed by atoms with Crippen LogP contribution in [0.1, 0.15) is 13.8 Å².